The number of amides is 1. The van der Waals surface area contributed by atoms with Crippen molar-refractivity contribution in [1.29, 1.82) is 0 Å². The van der Waals surface area contributed by atoms with Crippen molar-refractivity contribution in [2.45, 2.75) is 4.90 Å². The number of morpholine rings is 1. The molecular weight excluding hydrogens is 427 g/mol. The molecule has 0 aromatic heterocycles. The maximum atomic E-state index is 12.8. The number of hydrogen-bond acceptors (Lipinski definition) is 6. The number of rotatable bonds is 7. The Kier molecular flexibility index (Phi) is 7.50. The summed E-state index contributed by atoms with van der Waals surface area (Å²) < 4.78 is 49.4. The molecule has 3 rings (SSSR count). The van der Waals surface area contributed by atoms with Gasteiger partial charge in [-0.15, -0.1) is 0 Å². The van der Waals surface area contributed by atoms with Crippen LogP contribution in [-0.4, -0.2) is 57.5 Å². The number of nitrogens with one attached hydrogen (secondary N) is 1. The smallest absolute Gasteiger partial charge is 0.331 e. The zero-order chi connectivity index (χ0) is 22.3. The topological polar surface area (TPSA) is 102 Å². The van der Waals surface area contributed by atoms with Gasteiger partial charge in [0.25, 0.3) is 5.91 Å². The molecule has 2 aromatic rings. The quantitative estimate of drug-likeness (QED) is 0.514. The number of halogens is 1. The van der Waals surface area contributed by atoms with Crippen LogP contribution in [0.4, 0.5) is 10.1 Å². The molecule has 0 unspecified atom stereocenters. The van der Waals surface area contributed by atoms with E-state index in [1.54, 1.807) is 0 Å². The Morgan fingerprint density at radius 2 is 1.71 bits per heavy atom. The van der Waals surface area contributed by atoms with Gasteiger partial charge >= 0.3 is 5.97 Å². The first kappa shape index (κ1) is 22.6. The lowest BCUT2D eigenvalue weighted by Crippen LogP contribution is -2.40. The molecule has 1 N–H and O–H groups in total. The highest BCUT2D eigenvalue weighted by Crippen LogP contribution is 2.19. The predicted molar refractivity (Wildman–Crippen MR) is 111 cm³/mol. The van der Waals surface area contributed by atoms with E-state index in [2.05, 4.69) is 5.32 Å². The number of anilines is 1. The summed E-state index contributed by atoms with van der Waals surface area (Å²) >= 11 is 0. The van der Waals surface area contributed by atoms with Crippen molar-refractivity contribution in [3.8, 4) is 0 Å². The summed E-state index contributed by atoms with van der Waals surface area (Å²) in [6.07, 6.45) is 2.57. The molecule has 1 aliphatic heterocycles. The summed E-state index contributed by atoms with van der Waals surface area (Å²) in [6, 6.07) is 11.2. The van der Waals surface area contributed by atoms with Crippen LogP contribution >= 0.6 is 0 Å². The van der Waals surface area contributed by atoms with Crippen LogP contribution < -0.4 is 5.32 Å². The zero-order valence-electron chi connectivity index (χ0n) is 16.5. The summed E-state index contributed by atoms with van der Waals surface area (Å²) in [7, 11) is -3.62. The molecule has 0 spiro atoms. The average molecular weight is 448 g/mol. The van der Waals surface area contributed by atoms with Crippen LogP contribution in [0, 0.1) is 5.82 Å². The SMILES string of the molecule is O=C(COC(=O)/C=C/c1ccc(F)cc1)Nc1ccc(S(=O)(=O)N2CCOCC2)cc1. The monoisotopic (exact) mass is 448 g/mol. The minimum atomic E-state index is -3.62. The van der Waals surface area contributed by atoms with E-state index in [1.807, 2.05) is 0 Å². The lowest BCUT2D eigenvalue weighted by atomic mass is 10.2. The Labute approximate surface area is 179 Å². The van der Waals surface area contributed by atoms with Gasteiger partial charge in [0.2, 0.25) is 10.0 Å². The van der Waals surface area contributed by atoms with Crippen LogP contribution in [0.1, 0.15) is 5.56 Å². The average Bonchev–Trinajstić information content (AvgIpc) is 2.78. The Morgan fingerprint density at radius 3 is 2.35 bits per heavy atom. The number of carbonyl (C=O) groups is 2. The molecule has 8 nitrogen and oxygen atoms in total. The van der Waals surface area contributed by atoms with Gasteiger partial charge in [0, 0.05) is 24.9 Å². The fraction of sp³-hybridized carbons (Fsp3) is 0.238. The van der Waals surface area contributed by atoms with Crippen LogP contribution in [0.25, 0.3) is 6.08 Å². The Hall–Kier alpha value is -3.08. The van der Waals surface area contributed by atoms with Crippen molar-refractivity contribution in [3.05, 3.63) is 66.0 Å². The van der Waals surface area contributed by atoms with Crippen LogP contribution in [0.15, 0.2) is 59.5 Å². The highest BCUT2D eigenvalue weighted by atomic mass is 32.2. The molecule has 1 aliphatic rings. The predicted octanol–water partition coefficient (Wildman–Crippen LogP) is 2.04. The summed E-state index contributed by atoms with van der Waals surface area (Å²) in [5.41, 5.74) is 0.971. The van der Waals surface area contributed by atoms with E-state index in [-0.39, 0.29) is 10.7 Å². The molecule has 0 atom stereocenters. The van der Waals surface area contributed by atoms with Crippen molar-refractivity contribution in [3.63, 3.8) is 0 Å². The first-order valence-corrected chi connectivity index (χ1v) is 10.9. The second-order valence-electron chi connectivity index (χ2n) is 6.58. The fourth-order valence-corrected chi connectivity index (χ4v) is 4.17. The molecule has 1 amide bonds. The van der Waals surface area contributed by atoms with Crippen molar-refractivity contribution < 1.29 is 31.9 Å². The summed E-state index contributed by atoms with van der Waals surface area (Å²) in [6.45, 7) is 0.778. The van der Waals surface area contributed by atoms with Crippen LogP contribution in [-0.2, 0) is 29.1 Å². The molecular formula is C21H21FN2O6S. The number of esters is 1. The van der Waals surface area contributed by atoms with E-state index in [1.165, 1.54) is 58.9 Å². The molecule has 164 valence electrons. The van der Waals surface area contributed by atoms with Crippen LogP contribution in [0.3, 0.4) is 0 Å². The van der Waals surface area contributed by atoms with Gasteiger partial charge in [0.15, 0.2) is 6.61 Å². The maximum Gasteiger partial charge on any atom is 0.331 e. The van der Waals surface area contributed by atoms with E-state index in [9.17, 15) is 22.4 Å². The van der Waals surface area contributed by atoms with Gasteiger partial charge in [-0.25, -0.2) is 17.6 Å². The van der Waals surface area contributed by atoms with E-state index in [4.69, 9.17) is 9.47 Å². The number of nitrogens with zero attached hydrogens (tertiary/aromatic N) is 1. The number of carbonyl (C=O) groups excluding carboxylic acids is 2. The summed E-state index contributed by atoms with van der Waals surface area (Å²) in [5, 5.41) is 2.53. The Bertz CT molecular complexity index is 1050. The summed E-state index contributed by atoms with van der Waals surface area (Å²) in [4.78, 5) is 23.8. The van der Waals surface area contributed by atoms with Gasteiger partial charge in [0.05, 0.1) is 18.1 Å². The van der Waals surface area contributed by atoms with Crippen molar-refractivity contribution >= 4 is 33.7 Å². The van der Waals surface area contributed by atoms with Crippen LogP contribution in [0.5, 0.6) is 0 Å². The van der Waals surface area contributed by atoms with Crippen molar-refractivity contribution in [1.82, 2.24) is 4.31 Å². The molecule has 1 fully saturated rings. The van der Waals surface area contributed by atoms with Gasteiger partial charge in [0.1, 0.15) is 5.82 Å². The molecule has 1 saturated heterocycles. The number of hydrogen-bond donors (Lipinski definition) is 1. The highest BCUT2D eigenvalue weighted by Gasteiger charge is 2.26. The highest BCUT2D eigenvalue weighted by molar-refractivity contribution is 7.89. The van der Waals surface area contributed by atoms with Crippen molar-refractivity contribution in [2.75, 3.05) is 38.2 Å². The van der Waals surface area contributed by atoms with E-state index in [0.29, 0.717) is 37.6 Å². The molecule has 2 aromatic carbocycles. The zero-order valence-corrected chi connectivity index (χ0v) is 17.3. The van der Waals surface area contributed by atoms with E-state index < -0.39 is 28.5 Å². The number of sulfonamides is 1. The lowest BCUT2D eigenvalue weighted by molar-refractivity contribution is -0.142. The van der Waals surface area contributed by atoms with Crippen molar-refractivity contribution in [2.24, 2.45) is 0 Å². The second-order valence-corrected chi connectivity index (χ2v) is 8.52. The van der Waals surface area contributed by atoms with E-state index in [0.717, 1.165) is 6.08 Å². The first-order chi connectivity index (χ1) is 14.8. The van der Waals surface area contributed by atoms with Gasteiger partial charge in [-0.05, 0) is 48.0 Å². The third-order valence-electron chi connectivity index (χ3n) is 4.37. The molecule has 0 saturated carbocycles. The normalized spacial score (nSPS) is 15.0. The third-order valence-corrected chi connectivity index (χ3v) is 6.29. The largest absolute Gasteiger partial charge is 0.452 e. The minimum Gasteiger partial charge on any atom is -0.452 e. The fourth-order valence-electron chi connectivity index (χ4n) is 2.77. The Morgan fingerprint density at radius 1 is 1.06 bits per heavy atom. The van der Waals surface area contributed by atoms with Gasteiger partial charge < -0.3 is 14.8 Å². The standard InChI is InChI=1S/C21H21FN2O6S/c22-17-4-1-16(2-5-17)3-10-21(26)30-15-20(25)23-18-6-8-19(9-7-18)31(27,28)24-11-13-29-14-12-24/h1-10H,11-15H2,(H,23,25)/b10-3+. The van der Waals surface area contributed by atoms with Crippen LogP contribution in [0.2, 0.25) is 0 Å². The number of ether oxygens (including phenoxy) is 2. The third kappa shape index (κ3) is 6.45. The molecule has 0 aliphatic carbocycles. The number of benzene rings is 2. The summed E-state index contributed by atoms with van der Waals surface area (Å²) in [5.74, 6) is -1.69. The second kappa shape index (κ2) is 10.3. The molecule has 0 radical (unpaired) electrons. The maximum absolute atomic E-state index is 12.8. The van der Waals surface area contributed by atoms with E-state index >= 15 is 0 Å². The Balaban J connectivity index is 1.49. The molecule has 1 heterocycles. The van der Waals surface area contributed by atoms with Gasteiger partial charge in [-0.3, -0.25) is 4.79 Å². The lowest BCUT2D eigenvalue weighted by Gasteiger charge is -2.26. The van der Waals surface area contributed by atoms with Gasteiger partial charge in [-0.1, -0.05) is 12.1 Å². The minimum absolute atomic E-state index is 0.116. The molecule has 31 heavy (non-hydrogen) atoms. The first-order valence-electron chi connectivity index (χ1n) is 9.43. The molecule has 10 heteroatoms. The molecule has 0 bridgehead atoms. The van der Waals surface area contributed by atoms with Gasteiger partial charge in [-0.2, -0.15) is 4.31 Å².